The summed E-state index contributed by atoms with van der Waals surface area (Å²) in [5.74, 6) is -71.3. The molecule has 0 aliphatic heterocycles. The van der Waals surface area contributed by atoms with Gasteiger partial charge in [-0.1, -0.05) is 37.3 Å². The van der Waals surface area contributed by atoms with E-state index in [1.807, 2.05) is 41.1 Å². The number of hydrogen-bond donors (Lipinski definition) is 0. The number of aromatic nitrogens is 2. The van der Waals surface area contributed by atoms with Crippen molar-refractivity contribution in [2.45, 2.75) is 19.9 Å². The minimum atomic E-state index is -7.22. The van der Waals surface area contributed by atoms with E-state index in [2.05, 4.69) is 11.9 Å². The SMILES string of the molecule is CCc1cncc[n+]1CC(=O)c1ccccc1.Fc1c(F)c(F)c([B-](c2c(F)c(F)c(F)c(F)c2F)(c2c(F)c(F)c(F)c(F)c2F)c2c(F)c(F)c(F)c(F)c2F)c(F)c1F. The van der Waals surface area contributed by atoms with Gasteiger partial charge in [0.2, 0.25) is 12.3 Å². The van der Waals surface area contributed by atoms with Crippen LogP contribution in [0.1, 0.15) is 23.0 Å². The van der Waals surface area contributed by atoms with Crippen LogP contribution in [0.2, 0.25) is 0 Å². The van der Waals surface area contributed by atoms with Crippen LogP contribution in [-0.4, -0.2) is 16.9 Å². The van der Waals surface area contributed by atoms with E-state index < -0.39 is 144 Å². The number of nitrogens with zero attached hydrogens (tertiary/aromatic N) is 2. The van der Waals surface area contributed by atoms with Crippen molar-refractivity contribution in [2.75, 3.05) is 0 Å². The van der Waals surface area contributed by atoms with Gasteiger partial charge >= 0.3 is 0 Å². The van der Waals surface area contributed by atoms with Gasteiger partial charge in [0.1, 0.15) is 52.7 Å². The average Bonchev–Trinajstić information content (AvgIpc) is 3.26. The molecule has 0 fully saturated rings. The van der Waals surface area contributed by atoms with Crippen molar-refractivity contribution >= 4 is 33.8 Å². The minimum absolute atomic E-state index is 0.122. The summed E-state index contributed by atoms with van der Waals surface area (Å²) in [5, 5.41) is 0. The molecule has 0 aliphatic rings. The molecule has 326 valence electrons. The molecule has 0 bridgehead atoms. The summed E-state index contributed by atoms with van der Waals surface area (Å²) in [6, 6.07) is 9.36. The summed E-state index contributed by atoms with van der Waals surface area (Å²) in [4.78, 5) is 16.1. The number of carbonyl (C=O) groups is 1. The maximum absolute atomic E-state index is 15.4. The molecule has 0 aliphatic carbocycles. The zero-order valence-electron chi connectivity index (χ0n) is 30.0. The Morgan fingerprint density at radius 1 is 0.452 bits per heavy atom. The van der Waals surface area contributed by atoms with Crippen molar-refractivity contribution in [1.29, 1.82) is 0 Å². The van der Waals surface area contributed by atoms with Gasteiger partial charge in [0.25, 0.3) is 0 Å². The molecule has 0 spiro atoms. The smallest absolute Gasteiger partial charge is 0.227 e. The standard InChI is InChI=1S/C24BF20.C14H15N2O/c26-5-1(6(27)14(35)21(42)13(5)34)25(2-7(28)15(36)22(43)16(37)8(2)29,3-9(30)17(38)23(44)18(39)10(3)31)4-11(32)19(40)24(45)20(41)12(4)33;1-2-13-10-15-8-9-16(13)11-14(17)12-6-4-3-5-7-12/h;3-10H,2,11H2,1H3/q-1;+1. The van der Waals surface area contributed by atoms with Crippen molar-refractivity contribution in [3.8, 4) is 0 Å². The Hall–Kier alpha value is -6.49. The summed E-state index contributed by atoms with van der Waals surface area (Å²) >= 11 is 0. The minimum Gasteiger partial charge on any atom is -0.287 e. The molecule has 24 heteroatoms. The lowest BCUT2D eigenvalue weighted by Gasteiger charge is -2.44. The van der Waals surface area contributed by atoms with E-state index in [0.29, 0.717) is 6.54 Å². The summed E-state index contributed by atoms with van der Waals surface area (Å²) < 4.78 is 296. The molecule has 3 nitrogen and oxygen atoms in total. The van der Waals surface area contributed by atoms with Crippen molar-refractivity contribution < 1.29 is 97.2 Å². The van der Waals surface area contributed by atoms with Gasteiger partial charge in [0.05, 0.1) is 12.4 Å². The molecule has 1 heterocycles. The molecule has 6 rings (SSSR count). The van der Waals surface area contributed by atoms with Crippen LogP contribution in [0.5, 0.6) is 0 Å². The molecular formula is C38H15BF20N2O. The first-order chi connectivity index (χ1) is 29.0. The van der Waals surface area contributed by atoms with E-state index >= 15 is 35.1 Å². The zero-order chi connectivity index (χ0) is 46.4. The third kappa shape index (κ3) is 7.27. The molecule has 0 saturated heterocycles. The number of rotatable bonds is 8. The number of aryl methyl sites for hydroxylation is 1. The first-order valence-corrected chi connectivity index (χ1v) is 16.6. The first kappa shape index (κ1) is 46.6. The van der Waals surface area contributed by atoms with Crippen molar-refractivity contribution in [2.24, 2.45) is 0 Å². The number of benzene rings is 5. The predicted octanol–water partition coefficient (Wildman–Crippen LogP) is 7.66. The van der Waals surface area contributed by atoms with Crippen molar-refractivity contribution in [3.05, 3.63) is 177 Å². The molecule has 0 saturated carbocycles. The fourth-order valence-corrected chi connectivity index (χ4v) is 6.61. The van der Waals surface area contributed by atoms with Crippen molar-refractivity contribution in [1.82, 2.24) is 4.98 Å². The Kier molecular flexibility index (Phi) is 13.1. The van der Waals surface area contributed by atoms with Gasteiger partial charge in [0.15, 0.2) is 81.7 Å². The van der Waals surface area contributed by atoms with Crippen LogP contribution < -0.4 is 26.4 Å². The summed E-state index contributed by atoms with van der Waals surface area (Å²) in [5.41, 5.74) is -12.5. The Balaban J connectivity index is 0.000000355. The highest BCUT2D eigenvalue weighted by molar-refractivity contribution is 7.20. The van der Waals surface area contributed by atoms with Crippen LogP contribution in [-0.2, 0) is 13.0 Å². The monoisotopic (exact) mass is 906 g/mol. The van der Waals surface area contributed by atoms with Gasteiger partial charge in [-0.05, 0) is 0 Å². The molecule has 0 amide bonds. The Labute approximate surface area is 332 Å². The predicted molar refractivity (Wildman–Crippen MR) is 174 cm³/mol. The summed E-state index contributed by atoms with van der Waals surface area (Å²) in [7, 11) is 0. The second kappa shape index (κ2) is 17.5. The average molecular weight is 906 g/mol. The lowest BCUT2D eigenvalue weighted by Crippen LogP contribution is -2.81. The number of hydrogen-bond acceptors (Lipinski definition) is 2. The highest BCUT2D eigenvalue weighted by atomic mass is 19.2. The summed E-state index contributed by atoms with van der Waals surface area (Å²) in [6.07, 6.45) is -0.990. The van der Waals surface area contributed by atoms with E-state index in [9.17, 15) is 57.5 Å². The molecule has 0 radical (unpaired) electrons. The molecule has 5 aromatic carbocycles. The van der Waals surface area contributed by atoms with Crippen LogP contribution >= 0.6 is 0 Å². The lowest BCUT2D eigenvalue weighted by molar-refractivity contribution is -0.691. The number of ketones is 1. The molecular weight excluding hydrogens is 891 g/mol. The molecule has 0 unspecified atom stereocenters. The van der Waals surface area contributed by atoms with Gasteiger partial charge in [-0.25, -0.2) is 87.8 Å². The second-order valence-corrected chi connectivity index (χ2v) is 12.6. The maximum Gasteiger partial charge on any atom is 0.227 e. The van der Waals surface area contributed by atoms with E-state index in [4.69, 9.17) is 0 Å². The molecule has 6 aromatic rings. The third-order valence-electron chi connectivity index (χ3n) is 9.40. The van der Waals surface area contributed by atoms with Gasteiger partial charge in [-0.3, -0.25) is 9.78 Å². The van der Waals surface area contributed by atoms with E-state index in [1.165, 1.54) is 0 Å². The summed E-state index contributed by atoms with van der Waals surface area (Å²) in [6.45, 7) is 2.43. The highest BCUT2D eigenvalue weighted by Gasteiger charge is 2.52. The number of Topliss-reactive ketones (excluding diaryl/α,β-unsaturated/α-hetero) is 1. The number of halogens is 20. The maximum atomic E-state index is 15.4. The third-order valence-corrected chi connectivity index (χ3v) is 9.40. The van der Waals surface area contributed by atoms with Crippen LogP contribution in [0.3, 0.4) is 0 Å². The highest BCUT2D eigenvalue weighted by Crippen LogP contribution is 2.30. The van der Waals surface area contributed by atoms with Gasteiger partial charge in [-0.15, -0.1) is 21.9 Å². The molecule has 0 N–H and O–H groups in total. The molecule has 1 aromatic heterocycles. The van der Waals surface area contributed by atoms with E-state index in [0.717, 1.165) is 17.7 Å². The Morgan fingerprint density at radius 2 is 0.726 bits per heavy atom. The quantitative estimate of drug-likeness (QED) is 0.0393. The Bertz CT molecular complexity index is 2410. The topological polar surface area (TPSA) is 33.8 Å². The molecule has 62 heavy (non-hydrogen) atoms. The van der Waals surface area contributed by atoms with Crippen LogP contribution in [0.25, 0.3) is 0 Å². The van der Waals surface area contributed by atoms with Gasteiger partial charge in [-0.2, -0.15) is 4.57 Å². The fraction of sp³-hybridized carbons (Fsp3) is 0.0789. The largest absolute Gasteiger partial charge is 0.287 e. The Morgan fingerprint density at radius 3 is 1.00 bits per heavy atom. The zero-order valence-corrected chi connectivity index (χ0v) is 30.0. The van der Waals surface area contributed by atoms with E-state index in [1.54, 1.807) is 12.4 Å². The lowest BCUT2D eigenvalue weighted by atomic mass is 9.12. The van der Waals surface area contributed by atoms with Gasteiger partial charge < -0.3 is 0 Å². The van der Waals surface area contributed by atoms with E-state index in [-0.39, 0.29) is 5.78 Å². The second-order valence-electron chi connectivity index (χ2n) is 12.6. The normalized spacial score (nSPS) is 11.5. The van der Waals surface area contributed by atoms with Crippen LogP contribution in [0, 0.1) is 116 Å². The number of carbonyl (C=O) groups excluding carboxylic acids is 1. The first-order valence-electron chi connectivity index (χ1n) is 16.6. The van der Waals surface area contributed by atoms with Crippen LogP contribution in [0.15, 0.2) is 48.9 Å². The van der Waals surface area contributed by atoms with Crippen molar-refractivity contribution in [3.63, 3.8) is 0 Å². The molecule has 0 atom stereocenters. The van der Waals surface area contributed by atoms with Crippen LogP contribution in [0.4, 0.5) is 87.8 Å². The fourth-order valence-electron chi connectivity index (χ4n) is 6.61. The van der Waals surface area contributed by atoms with Gasteiger partial charge in [0, 0.05) is 12.0 Å².